The van der Waals surface area contributed by atoms with Gasteiger partial charge in [-0.05, 0) is 44.9 Å². The Morgan fingerprint density at radius 1 is 1.13 bits per heavy atom. The van der Waals surface area contributed by atoms with Gasteiger partial charge in [0.25, 0.3) is 0 Å². The van der Waals surface area contributed by atoms with E-state index in [1.165, 1.54) is 0 Å². The molecule has 2 aromatic rings. The number of carbonyl (C=O) groups is 2. The molecule has 0 saturated carbocycles. The van der Waals surface area contributed by atoms with Gasteiger partial charge in [-0.2, -0.15) is 0 Å². The van der Waals surface area contributed by atoms with Gasteiger partial charge < -0.3 is 14.8 Å². The van der Waals surface area contributed by atoms with Gasteiger partial charge in [-0.1, -0.05) is 60.4 Å². The molecule has 0 unspecified atom stereocenters. The van der Waals surface area contributed by atoms with Crippen LogP contribution in [0.1, 0.15) is 44.7 Å². The fraction of sp³-hybridized carbons (Fsp3) is 0.385. The molecule has 5 nitrogen and oxygen atoms in total. The first-order chi connectivity index (χ1) is 14.8. The van der Waals surface area contributed by atoms with Crippen LogP contribution in [0.4, 0.5) is 4.79 Å². The number of hydrogen-bond acceptors (Lipinski definition) is 4. The van der Waals surface area contributed by atoms with Crippen molar-refractivity contribution < 1.29 is 19.1 Å². The highest BCUT2D eigenvalue weighted by Gasteiger charge is 2.39. The van der Waals surface area contributed by atoms with Crippen LogP contribution in [0.25, 0.3) is 0 Å². The van der Waals surface area contributed by atoms with Crippen molar-refractivity contribution in [1.29, 1.82) is 0 Å². The molecule has 0 bridgehead atoms. The van der Waals surface area contributed by atoms with Crippen molar-refractivity contribution in [1.82, 2.24) is 5.32 Å². The highest BCUT2D eigenvalue weighted by Crippen LogP contribution is 2.27. The Bertz CT molecular complexity index is 938. The smallest absolute Gasteiger partial charge is 0.408 e. The number of benzene rings is 2. The molecule has 0 aromatic heterocycles. The first-order valence-corrected chi connectivity index (χ1v) is 10.6. The summed E-state index contributed by atoms with van der Waals surface area (Å²) in [5.41, 5.74) is 1.36. The van der Waals surface area contributed by atoms with Crippen molar-refractivity contribution in [3.63, 3.8) is 0 Å². The number of ether oxygens (including phenoxy) is 2. The summed E-state index contributed by atoms with van der Waals surface area (Å²) in [7, 11) is 0. The van der Waals surface area contributed by atoms with Gasteiger partial charge in [0.1, 0.15) is 11.7 Å². The molecule has 1 fully saturated rings. The second-order valence-corrected chi connectivity index (χ2v) is 8.72. The van der Waals surface area contributed by atoms with Crippen molar-refractivity contribution in [2.45, 2.75) is 57.8 Å². The number of nitrogens with one attached hydrogen (secondary N) is 1. The Morgan fingerprint density at radius 3 is 2.42 bits per heavy atom. The van der Waals surface area contributed by atoms with Crippen molar-refractivity contribution in [2.24, 2.45) is 5.92 Å². The number of amides is 1. The molecular weight excluding hydrogens is 390 g/mol. The minimum atomic E-state index is -0.608. The van der Waals surface area contributed by atoms with Gasteiger partial charge in [-0.3, -0.25) is 4.79 Å². The van der Waals surface area contributed by atoms with E-state index < -0.39 is 17.8 Å². The third-order valence-corrected chi connectivity index (χ3v) is 4.92. The quantitative estimate of drug-likeness (QED) is 0.573. The van der Waals surface area contributed by atoms with Crippen molar-refractivity contribution in [3.05, 3.63) is 71.8 Å². The highest BCUT2D eigenvalue weighted by atomic mass is 16.6. The number of esters is 1. The second kappa shape index (κ2) is 10.2. The van der Waals surface area contributed by atoms with E-state index in [1.807, 2.05) is 81.4 Å². The maximum atomic E-state index is 12.5. The molecule has 1 amide bonds. The zero-order valence-corrected chi connectivity index (χ0v) is 18.3. The van der Waals surface area contributed by atoms with Crippen LogP contribution in [-0.2, 0) is 20.7 Å². The zero-order chi connectivity index (χ0) is 22.3. The molecule has 1 aliphatic heterocycles. The first kappa shape index (κ1) is 22.4. The topological polar surface area (TPSA) is 64.6 Å². The standard InChI is InChI=1S/C26H29NO4/c1-26(2,3)31-25(29)27-22(17-20-13-8-5-9-14-20)23-18-21(24(28)30-23)16-10-15-19-11-6-4-7-12-19/h4-9,11-14,21-23H,16-18H2,1-3H3,(H,27,29)/t21-,22+,23+/m1/s1. The van der Waals surface area contributed by atoms with Crippen LogP contribution in [0.15, 0.2) is 60.7 Å². The van der Waals surface area contributed by atoms with Gasteiger partial charge >= 0.3 is 12.1 Å². The van der Waals surface area contributed by atoms with Crippen molar-refractivity contribution >= 4 is 12.1 Å². The molecule has 0 radical (unpaired) electrons. The van der Waals surface area contributed by atoms with Gasteiger partial charge in [-0.15, -0.1) is 0 Å². The molecule has 162 valence electrons. The van der Waals surface area contributed by atoms with Gasteiger partial charge in [-0.25, -0.2) is 4.79 Å². The van der Waals surface area contributed by atoms with E-state index in [0.29, 0.717) is 19.3 Å². The summed E-state index contributed by atoms with van der Waals surface area (Å²) < 4.78 is 11.1. The average molecular weight is 420 g/mol. The number of alkyl carbamates (subject to hydrolysis) is 1. The number of carbonyl (C=O) groups excluding carboxylic acids is 2. The minimum Gasteiger partial charge on any atom is -0.460 e. The lowest BCUT2D eigenvalue weighted by molar-refractivity contribution is -0.145. The summed E-state index contributed by atoms with van der Waals surface area (Å²) in [6.45, 7) is 5.45. The van der Waals surface area contributed by atoms with E-state index in [4.69, 9.17) is 9.47 Å². The summed E-state index contributed by atoms with van der Waals surface area (Å²) in [6.07, 6.45) is 0.533. The van der Waals surface area contributed by atoms with Gasteiger partial charge in [0.2, 0.25) is 0 Å². The molecule has 3 rings (SSSR count). The fourth-order valence-corrected chi connectivity index (χ4v) is 3.48. The Kier molecular flexibility index (Phi) is 7.36. The summed E-state index contributed by atoms with van der Waals surface area (Å²) in [4.78, 5) is 24.9. The summed E-state index contributed by atoms with van der Waals surface area (Å²) in [5.74, 6) is 5.61. The van der Waals surface area contributed by atoms with Crippen LogP contribution in [-0.4, -0.2) is 29.8 Å². The third kappa shape index (κ3) is 7.18. The van der Waals surface area contributed by atoms with E-state index in [2.05, 4.69) is 17.2 Å². The molecule has 3 atom stereocenters. The Balaban J connectivity index is 1.67. The Hall–Kier alpha value is -3.26. The van der Waals surface area contributed by atoms with Crippen LogP contribution >= 0.6 is 0 Å². The monoisotopic (exact) mass is 419 g/mol. The zero-order valence-electron chi connectivity index (χ0n) is 18.3. The normalized spacial score (nSPS) is 19.0. The molecule has 1 N–H and O–H groups in total. The van der Waals surface area contributed by atoms with Gasteiger partial charge in [0.05, 0.1) is 12.0 Å². The van der Waals surface area contributed by atoms with Crippen molar-refractivity contribution in [3.8, 4) is 11.8 Å². The summed E-state index contributed by atoms with van der Waals surface area (Å²) >= 11 is 0. The molecule has 1 heterocycles. The maximum Gasteiger partial charge on any atom is 0.408 e. The van der Waals surface area contributed by atoms with Crippen LogP contribution in [0.3, 0.4) is 0 Å². The second-order valence-electron chi connectivity index (χ2n) is 8.72. The Morgan fingerprint density at radius 2 is 1.77 bits per heavy atom. The molecule has 5 heteroatoms. The maximum absolute atomic E-state index is 12.5. The molecule has 1 aliphatic rings. The molecule has 2 aromatic carbocycles. The fourth-order valence-electron chi connectivity index (χ4n) is 3.48. The van der Waals surface area contributed by atoms with Gasteiger partial charge in [0, 0.05) is 18.4 Å². The van der Waals surface area contributed by atoms with E-state index >= 15 is 0 Å². The predicted octanol–water partition coefficient (Wildman–Crippen LogP) is 4.50. The van der Waals surface area contributed by atoms with Crippen LogP contribution in [0.5, 0.6) is 0 Å². The lowest BCUT2D eigenvalue weighted by atomic mass is 9.94. The number of cyclic esters (lactones) is 1. The molecule has 1 saturated heterocycles. The highest BCUT2D eigenvalue weighted by molar-refractivity contribution is 5.75. The SMILES string of the molecule is CC(C)(C)OC(=O)N[C@@H](Cc1ccccc1)[C@@H]1C[C@@H](CC#Cc2ccccc2)C(=O)O1. The lowest BCUT2D eigenvalue weighted by Crippen LogP contribution is -2.46. The van der Waals surface area contributed by atoms with E-state index in [-0.39, 0.29) is 17.9 Å². The van der Waals surface area contributed by atoms with Crippen LogP contribution < -0.4 is 5.32 Å². The van der Waals surface area contributed by atoms with Gasteiger partial charge in [0.15, 0.2) is 0 Å². The lowest BCUT2D eigenvalue weighted by Gasteiger charge is -2.26. The average Bonchev–Trinajstić information content (AvgIpc) is 3.08. The van der Waals surface area contributed by atoms with Crippen LogP contribution in [0.2, 0.25) is 0 Å². The van der Waals surface area contributed by atoms with E-state index in [0.717, 1.165) is 11.1 Å². The summed E-state index contributed by atoms with van der Waals surface area (Å²) in [6, 6.07) is 19.1. The molecule has 0 aliphatic carbocycles. The molecular formula is C26H29NO4. The minimum absolute atomic E-state index is 0.267. The van der Waals surface area contributed by atoms with Crippen LogP contribution in [0, 0.1) is 17.8 Å². The first-order valence-electron chi connectivity index (χ1n) is 10.6. The Labute approximate surface area is 184 Å². The largest absolute Gasteiger partial charge is 0.460 e. The molecule has 0 spiro atoms. The van der Waals surface area contributed by atoms with E-state index in [9.17, 15) is 9.59 Å². The molecule has 31 heavy (non-hydrogen) atoms. The summed E-state index contributed by atoms with van der Waals surface area (Å²) in [5, 5.41) is 2.91. The van der Waals surface area contributed by atoms with Crippen molar-refractivity contribution in [2.75, 3.05) is 0 Å². The predicted molar refractivity (Wildman–Crippen MR) is 119 cm³/mol. The van der Waals surface area contributed by atoms with E-state index in [1.54, 1.807) is 0 Å². The third-order valence-electron chi connectivity index (χ3n) is 4.92. The number of hydrogen-bond donors (Lipinski definition) is 1. The number of rotatable bonds is 5.